The monoisotopic (exact) mass is 148 g/mol. The summed E-state index contributed by atoms with van der Waals surface area (Å²) in [4.78, 5) is 0. The molecule has 0 aromatic carbocycles. The molecule has 0 amide bonds. The first-order valence-corrected chi connectivity index (χ1v) is 3.06. The fourth-order valence-corrected chi connectivity index (χ4v) is 0.347. The number of alkyl halides is 1. The second kappa shape index (κ2) is 5.90. The molecular formula is C6H9ClO2. The lowest BCUT2D eigenvalue weighted by Gasteiger charge is -1.91. The summed E-state index contributed by atoms with van der Waals surface area (Å²) in [5.41, 5.74) is 0. The highest BCUT2D eigenvalue weighted by atomic mass is 35.5. The third-order valence-corrected chi connectivity index (χ3v) is 0.924. The topological polar surface area (TPSA) is 29.5 Å². The molecule has 0 aliphatic carbocycles. The number of aliphatic hydroxyl groups excluding tert-OH is 1. The zero-order valence-corrected chi connectivity index (χ0v) is 5.98. The van der Waals surface area contributed by atoms with Crippen molar-refractivity contribution in [3.63, 3.8) is 0 Å². The van der Waals surface area contributed by atoms with Crippen LogP contribution in [0.3, 0.4) is 0 Å². The lowest BCUT2D eigenvalue weighted by atomic mass is 10.4. The van der Waals surface area contributed by atoms with Crippen LogP contribution in [0.2, 0.25) is 0 Å². The van der Waals surface area contributed by atoms with Gasteiger partial charge in [-0.15, -0.1) is 11.6 Å². The Morgan fingerprint density at radius 2 is 2.44 bits per heavy atom. The number of rotatable bonds is 2. The molecular weight excluding hydrogens is 140 g/mol. The smallest absolute Gasteiger partial charge is 0.128 e. The van der Waals surface area contributed by atoms with Crippen molar-refractivity contribution in [1.82, 2.24) is 0 Å². The zero-order chi connectivity index (χ0) is 7.11. The average Bonchev–Trinajstić information content (AvgIpc) is 1.89. The van der Waals surface area contributed by atoms with Crippen LogP contribution < -0.4 is 0 Å². The van der Waals surface area contributed by atoms with Gasteiger partial charge in [-0.05, 0) is 0 Å². The van der Waals surface area contributed by atoms with E-state index in [0.29, 0.717) is 6.61 Å². The van der Waals surface area contributed by atoms with Crippen molar-refractivity contribution in [3.8, 4) is 11.8 Å². The Hall–Kier alpha value is -0.230. The molecule has 2 nitrogen and oxygen atoms in total. The molecule has 3 heteroatoms. The largest absolute Gasteiger partial charge is 0.379 e. The van der Waals surface area contributed by atoms with Gasteiger partial charge in [0.05, 0.1) is 5.88 Å². The lowest BCUT2D eigenvalue weighted by Crippen LogP contribution is -2.03. The molecule has 52 valence electrons. The first kappa shape index (κ1) is 8.77. The van der Waals surface area contributed by atoms with E-state index < -0.39 is 6.10 Å². The molecule has 0 fully saturated rings. The highest BCUT2D eigenvalue weighted by molar-refractivity contribution is 6.18. The van der Waals surface area contributed by atoms with Gasteiger partial charge in [-0.25, -0.2) is 0 Å². The summed E-state index contributed by atoms with van der Waals surface area (Å²) >= 11 is 5.24. The fourth-order valence-electron chi connectivity index (χ4n) is 0.270. The molecule has 9 heavy (non-hydrogen) atoms. The predicted molar refractivity (Wildman–Crippen MR) is 36.4 cm³/mol. The number of aliphatic hydroxyl groups is 1. The number of halogens is 1. The minimum atomic E-state index is -0.721. The van der Waals surface area contributed by atoms with Crippen LogP contribution in [-0.2, 0) is 4.74 Å². The standard InChI is InChI=1S/C6H9ClO2/c1-9-4-2-3-6(8)5-7/h6,8H,4-5H2,1H3. The van der Waals surface area contributed by atoms with E-state index in [0.717, 1.165) is 0 Å². The average molecular weight is 149 g/mol. The normalized spacial score (nSPS) is 11.9. The summed E-state index contributed by atoms with van der Waals surface area (Å²) in [6.45, 7) is 0.341. The van der Waals surface area contributed by atoms with E-state index >= 15 is 0 Å². The van der Waals surface area contributed by atoms with Gasteiger partial charge < -0.3 is 9.84 Å². The summed E-state index contributed by atoms with van der Waals surface area (Å²) in [6, 6.07) is 0. The van der Waals surface area contributed by atoms with Gasteiger partial charge in [-0.1, -0.05) is 11.8 Å². The maximum Gasteiger partial charge on any atom is 0.128 e. The lowest BCUT2D eigenvalue weighted by molar-refractivity contribution is 0.236. The molecule has 0 saturated carbocycles. The van der Waals surface area contributed by atoms with Crippen molar-refractivity contribution in [3.05, 3.63) is 0 Å². The van der Waals surface area contributed by atoms with E-state index in [9.17, 15) is 0 Å². The van der Waals surface area contributed by atoms with Gasteiger partial charge in [0.1, 0.15) is 12.7 Å². The molecule has 0 aromatic rings. The van der Waals surface area contributed by atoms with Gasteiger partial charge in [0.15, 0.2) is 0 Å². The van der Waals surface area contributed by atoms with Crippen LogP contribution in [0, 0.1) is 11.8 Å². The Kier molecular flexibility index (Phi) is 5.75. The molecule has 0 bridgehead atoms. The molecule has 1 atom stereocenters. The third kappa shape index (κ3) is 5.64. The van der Waals surface area contributed by atoms with Gasteiger partial charge in [0.25, 0.3) is 0 Å². The SMILES string of the molecule is COCC#CC(O)CCl. The van der Waals surface area contributed by atoms with Crippen LogP contribution in [0.15, 0.2) is 0 Å². The van der Waals surface area contributed by atoms with Crippen molar-refractivity contribution >= 4 is 11.6 Å². The highest BCUT2D eigenvalue weighted by Crippen LogP contribution is 1.82. The van der Waals surface area contributed by atoms with Crippen LogP contribution in [0.25, 0.3) is 0 Å². The first-order chi connectivity index (χ1) is 4.31. The molecule has 0 aliphatic heterocycles. The van der Waals surface area contributed by atoms with Gasteiger partial charge in [0.2, 0.25) is 0 Å². The van der Waals surface area contributed by atoms with E-state index in [1.165, 1.54) is 0 Å². The van der Waals surface area contributed by atoms with Crippen LogP contribution >= 0.6 is 11.6 Å². The van der Waals surface area contributed by atoms with E-state index in [-0.39, 0.29) is 5.88 Å². The van der Waals surface area contributed by atoms with Crippen LogP contribution in [0.5, 0.6) is 0 Å². The summed E-state index contributed by atoms with van der Waals surface area (Å²) in [7, 11) is 1.54. The zero-order valence-electron chi connectivity index (χ0n) is 5.22. The van der Waals surface area contributed by atoms with Gasteiger partial charge in [0, 0.05) is 7.11 Å². The Morgan fingerprint density at radius 1 is 1.78 bits per heavy atom. The van der Waals surface area contributed by atoms with E-state index in [1.54, 1.807) is 7.11 Å². The minimum Gasteiger partial charge on any atom is -0.379 e. The summed E-state index contributed by atoms with van der Waals surface area (Å²) in [5.74, 6) is 5.21. The molecule has 1 unspecified atom stereocenters. The van der Waals surface area contributed by atoms with Gasteiger partial charge in [-0.3, -0.25) is 0 Å². The van der Waals surface area contributed by atoms with Crippen LogP contribution in [0.4, 0.5) is 0 Å². The Labute approximate surface area is 59.8 Å². The van der Waals surface area contributed by atoms with Gasteiger partial charge >= 0.3 is 0 Å². The fraction of sp³-hybridized carbons (Fsp3) is 0.667. The predicted octanol–water partition coefficient (Wildman–Crippen LogP) is 0.236. The Morgan fingerprint density at radius 3 is 2.89 bits per heavy atom. The molecule has 0 spiro atoms. The molecule has 0 rings (SSSR count). The minimum absolute atomic E-state index is 0.150. The van der Waals surface area contributed by atoms with E-state index in [1.807, 2.05) is 0 Å². The molecule has 0 saturated heterocycles. The number of hydrogen-bond donors (Lipinski definition) is 1. The Balaban J connectivity index is 3.33. The van der Waals surface area contributed by atoms with Gasteiger partial charge in [-0.2, -0.15) is 0 Å². The first-order valence-electron chi connectivity index (χ1n) is 2.52. The van der Waals surface area contributed by atoms with Crippen molar-refractivity contribution in [1.29, 1.82) is 0 Å². The van der Waals surface area contributed by atoms with Crippen LogP contribution in [-0.4, -0.2) is 30.8 Å². The molecule has 1 N–H and O–H groups in total. The summed E-state index contributed by atoms with van der Waals surface area (Å²) in [5, 5.41) is 8.72. The maximum atomic E-state index is 8.72. The number of hydrogen-bond acceptors (Lipinski definition) is 2. The van der Waals surface area contributed by atoms with Crippen molar-refractivity contribution < 1.29 is 9.84 Å². The van der Waals surface area contributed by atoms with Crippen LogP contribution in [0.1, 0.15) is 0 Å². The summed E-state index contributed by atoms with van der Waals surface area (Å²) < 4.78 is 4.61. The quantitative estimate of drug-likeness (QED) is 0.449. The van der Waals surface area contributed by atoms with Crippen molar-refractivity contribution in [2.75, 3.05) is 19.6 Å². The molecule has 0 aliphatic rings. The second-order valence-electron chi connectivity index (χ2n) is 1.42. The number of methoxy groups -OCH3 is 1. The van der Waals surface area contributed by atoms with Crippen molar-refractivity contribution in [2.24, 2.45) is 0 Å². The third-order valence-electron chi connectivity index (χ3n) is 0.631. The van der Waals surface area contributed by atoms with E-state index in [4.69, 9.17) is 16.7 Å². The highest BCUT2D eigenvalue weighted by Gasteiger charge is 1.91. The maximum absolute atomic E-state index is 8.72. The van der Waals surface area contributed by atoms with Crippen molar-refractivity contribution in [2.45, 2.75) is 6.10 Å². The molecule has 0 heterocycles. The van der Waals surface area contributed by atoms with E-state index in [2.05, 4.69) is 16.6 Å². The molecule has 0 radical (unpaired) electrons. The Bertz CT molecular complexity index is 114. The number of ether oxygens (including phenoxy) is 1. The summed E-state index contributed by atoms with van der Waals surface area (Å²) in [6.07, 6.45) is -0.721. The second-order valence-corrected chi connectivity index (χ2v) is 1.73. The molecule has 0 aromatic heterocycles.